The molecule has 9 heteroatoms. The zero-order valence-electron chi connectivity index (χ0n) is 18.6. The molecule has 0 aliphatic carbocycles. The highest BCUT2D eigenvalue weighted by Gasteiger charge is 2.40. The fourth-order valence-electron chi connectivity index (χ4n) is 3.63. The van der Waals surface area contributed by atoms with Crippen molar-refractivity contribution in [2.75, 3.05) is 12.3 Å². The minimum Gasteiger partial charge on any atom is -0.481 e. The third-order valence-electron chi connectivity index (χ3n) is 5.49. The maximum absolute atomic E-state index is 12.7. The molecule has 0 fully saturated rings. The number of benzene rings is 1. The Kier molecular flexibility index (Phi) is 7.81. The summed E-state index contributed by atoms with van der Waals surface area (Å²) in [5, 5.41) is 12.0. The fraction of sp³-hybridized carbons (Fsp3) is 0.545. The molecule has 172 valence electrons. The lowest BCUT2D eigenvalue weighted by atomic mass is 9.78. The number of carboxylic acids is 1. The topological polar surface area (TPSA) is 104 Å². The molecule has 1 aliphatic rings. The van der Waals surface area contributed by atoms with E-state index in [4.69, 9.17) is 16.7 Å². The van der Waals surface area contributed by atoms with Crippen LogP contribution in [0.15, 0.2) is 34.9 Å². The predicted molar refractivity (Wildman–Crippen MR) is 121 cm³/mol. The molecule has 31 heavy (non-hydrogen) atoms. The van der Waals surface area contributed by atoms with Crippen molar-refractivity contribution < 1.29 is 23.1 Å². The van der Waals surface area contributed by atoms with Gasteiger partial charge in [0.2, 0.25) is 0 Å². The van der Waals surface area contributed by atoms with Gasteiger partial charge in [-0.05, 0) is 48.4 Å². The maximum Gasteiger partial charge on any atom is 0.322 e. The van der Waals surface area contributed by atoms with Crippen LogP contribution in [0.25, 0.3) is 0 Å². The zero-order valence-corrected chi connectivity index (χ0v) is 20.2. The van der Waals surface area contributed by atoms with Gasteiger partial charge in [-0.3, -0.25) is 4.79 Å². The molecule has 2 N–H and O–H groups in total. The highest BCUT2D eigenvalue weighted by Crippen LogP contribution is 2.39. The third kappa shape index (κ3) is 5.80. The van der Waals surface area contributed by atoms with E-state index in [-0.39, 0.29) is 40.5 Å². The average Bonchev–Trinajstić information content (AvgIpc) is 2.65. The minimum atomic E-state index is -3.52. The zero-order chi connectivity index (χ0) is 23.6. The van der Waals surface area contributed by atoms with Crippen LogP contribution < -0.4 is 5.32 Å². The monoisotopic (exact) mass is 470 g/mol. The van der Waals surface area contributed by atoms with E-state index in [1.165, 1.54) is 11.0 Å². The SMILES string of the molecule is CC(C)CCS(=O)(=O)c1ccc([C@]2(C)NC(=O)N(CCC(=O)O)C=C2C(C)C)cc1Cl. The lowest BCUT2D eigenvalue weighted by Gasteiger charge is -2.42. The second-order valence-electron chi connectivity index (χ2n) is 8.78. The van der Waals surface area contributed by atoms with Crippen molar-refractivity contribution in [3.05, 3.63) is 40.6 Å². The average molecular weight is 471 g/mol. The number of hydrogen-bond donors (Lipinski definition) is 2. The van der Waals surface area contributed by atoms with Crippen molar-refractivity contribution in [2.24, 2.45) is 11.8 Å². The van der Waals surface area contributed by atoms with E-state index in [1.807, 2.05) is 34.6 Å². The molecule has 1 atom stereocenters. The van der Waals surface area contributed by atoms with E-state index in [9.17, 15) is 18.0 Å². The van der Waals surface area contributed by atoms with Crippen LogP contribution in [0.5, 0.6) is 0 Å². The number of carbonyl (C=O) groups excluding carboxylic acids is 1. The highest BCUT2D eigenvalue weighted by atomic mass is 35.5. The highest BCUT2D eigenvalue weighted by molar-refractivity contribution is 7.91. The number of carbonyl (C=O) groups is 2. The first-order valence-electron chi connectivity index (χ1n) is 10.3. The Morgan fingerprint density at radius 1 is 1.26 bits per heavy atom. The molecule has 1 aliphatic heterocycles. The Morgan fingerprint density at radius 3 is 2.42 bits per heavy atom. The Bertz CT molecular complexity index is 988. The first kappa shape index (κ1) is 25.2. The van der Waals surface area contributed by atoms with Gasteiger partial charge in [0.1, 0.15) is 0 Å². The molecule has 0 saturated carbocycles. The van der Waals surface area contributed by atoms with Gasteiger partial charge in [0, 0.05) is 12.7 Å². The number of halogens is 1. The van der Waals surface area contributed by atoms with Crippen LogP contribution in [0.2, 0.25) is 5.02 Å². The van der Waals surface area contributed by atoms with E-state index in [0.717, 1.165) is 5.57 Å². The first-order chi connectivity index (χ1) is 14.3. The largest absolute Gasteiger partial charge is 0.481 e. The smallest absolute Gasteiger partial charge is 0.322 e. The summed E-state index contributed by atoms with van der Waals surface area (Å²) in [5.41, 5.74) is 0.616. The number of carboxylic acid groups (broad SMARTS) is 1. The lowest BCUT2D eigenvalue weighted by Crippen LogP contribution is -2.55. The minimum absolute atomic E-state index is 0.0213. The quantitative estimate of drug-likeness (QED) is 0.556. The summed E-state index contributed by atoms with van der Waals surface area (Å²) in [5.74, 6) is -0.673. The van der Waals surface area contributed by atoms with Gasteiger partial charge in [0.15, 0.2) is 9.84 Å². The Balaban J connectivity index is 2.44. The van der Waals surface area contributed by atoms with Gasteiger partial charge < -0.3 is 15.3 Å². The van der Waals surface area contributed by atoms with Gasteiger partial charge in [0.25, 0.3) is 0 Å². The summed E-state index contributed by atoms with van der Waals surface area (Å²) in [6.07, 6.45) is 2.06. The summed E-state index contributed by atoms with van der Waals surface area (Å²) in [6, 6.07) is 4.35. The van der Waals surface area contributed by atoms with Crippen molar-refractivity contribution in [3.63, 3.8) is 0 Å². The normalized spacial score (nSPS) is 19.5. The number of urea groups is 1. The molecular weight excluding hydrogens is 440 g/mol. The second-order valence-corrected chi connectivity index (χ2v) is 11.3. The summed E-state index contributed by atoms with van der Waals surface area (Å²) in [6.45, 7) is 9.77. The second kappa shape index (κ2) is 9.61. The van der Waals surface area contributed by atoms with Gasteiger partial charge in [-0.1, -0.05) is 45.4 Å². The molecule has 0 spiro atoms. The van der Waals surface area contributed by atoms with Crippen LogP contribution in [0, 0.1) is 11.8 Å². The number of hydrogen-bond acceptors (Lipinski definition) is 4. The van der Waals surface area contributed by atoms with Crippen LogP contribution in [0.3, 0.4) is 0 Å². The molecule has 1 aromatic carbocycles. The molecule has 0 saturated heterocycles. The van der Waals surface area contributed by atoms with Gasteiger partial charge >= 0.3 is 12.0 Å². The number of amides is 2. The Morgan fingerprint density at radius 2 is 1.90 bits per heavy atom. The predicted octanol–water partition coefficient (Wildman–Crippen LogP) is 4.41. The van der Waals surface area contributed by atoms with Crippen LogP contribution in [-0.4, -0.2) is 42.7 Å². The Hall–Kier alpha value is -2.06. The summed E-state index contributed by atoms with van der Waals surface area (Å²) in [7, 11) is -3.52. The molecule has 0 bridgehead atoms. The van der Waals surface area contributed by atoms with Crippen molar-refractivity contribution >= 4 is 33.4 Å². The van der Waals surface area contributed by atoms with E-state index >= 15 is 0 Å². The number of rotatable bonds is 9. The van der Waals surface area contributed by atoms with Crippen LogP contribution in [0.4, 0.5) is 4.79 Å². The molecule has 7 nitrogen and oxygen atoms in total. The van der Waals surface area contributed by atoms with E-state index in [1.54, 1.807) is 18.3 Å². The van der Waals surface area contributed by atoms with E-state index in [0.29, 0.717) is 12.0 Å². The summed E-state index contributed by atoms with van der Waals surface area (Å²) in [4.78, 5) is 25.0. The van der Waals surface area contributed by atoms with Crippen molar-refractivity contribution in [1.82, 2.24) is 10.2 Å². The van der Waals surface area contributed by atoms with Crippen molar-refractivity contribution in [1.29, 1.82) is 0 Å². The third-order valence-corrected chi connectivity index (χ3v) is 7.71. The molecule has 0 aromatic heterocycles. The molecule has 2 amide bonds. The first-order valence-corrected chi connectivity index (χ1v) is 12.4. The van der Waals surface area contributed by atoms with E-state index < -0.39 is 27.4 Å². The molecule has 2 rings (SSSR count). The van der Waals surface area contributed by atoms with Crippen LogP contribution in [0.1, 0.15) is 53.0 Å². The summed E-state index contributed by atoms with van der Waals surface area (Å²) >= 11 is 6.40. The van der Waals surface area contributed by atoms with Gasteiger partial charge in [-0.25, -0.2) is 13.2 Å². The molecule has 1 heterocycles. The Labute approximate surface area is 189 Å². The number of sulfone groups is 1. The van der Waals surface area contributed by atoms with Gasteiger partial charge in [-0.2, -0.15) is 0 Å². The molecule has 0 unspecified atom stereocenters. The molecular formula is C22H31ClN2O5S. The molecule has 1 aromatic rings. The lowest BCUT2D eigenvalue weighted by molar-refractivity contribution is -0.137. The summed E-state index contributed by atoms with van der Waals surface area (Å²) < 4.78 is 25.4. The number of nitrogens with one attached hydrogen (secondary N) is 1. The fourth-order valence-corrected chi connectivity index (χ4v) is 5.79. The standard InChI is InChI=1S/C22H31ClN2O5S/c1-14(2)9-11-31(29,30)19-7-6-16(12-18(19)23)22(5)17(15(3)4)13-25(21(28)24-22)10-8-20(26)27/h6-7,12-15H,8-11H2,1-5H3,(H,24,28)(H,26,27)/t22-/m0/s1. The van der Waals surface area contributed by atoms with Gasteiger partial charge in [0.05, 0.1) is 27.6 Å². The number of aliphatic carboxylic acids is 1. The molecule has 0 radical (unpaired) electrons. The van der Waals surface area contributed by atoms with Crippen molar-refractivity contribution in [2.45, 2.75) is 57.9 Å². The van der Waals surface area contributed by atoms with Crippen molar-refractivity contribution in [3.8, 4) is 0 Å². The van der Waals surface area contributed by atoms with Crippen LogP contribution >= 0.6 is 11.6 Å². The van der Waals surface area contributed by atoms with E-state index in [2.05, 4.69) is 5.32 Å². The maximum atomic E-state index is 12.7. The van der Waals surface area contributed by atoms with Gasteiger partial charge in [-0.15, -0.1) is 0 Å². The number of nitrogens with zero attached hydrogens (tertiary/aromatic N) is 1. The van der Waals surface area contributed by atoms with Crippen LogP contribution in [-0.2, 0) is 20.2 Å².